The van der Waals surface area contributed by atoms with Crippen molar-refractivity contribution in [3.63, 3.8) is 0 Å². The third kappa shape index (κ3) is 5.84. The van der Waals surface area contributed by atoms with E-state index < -0.39 is 18.3 Å². The number of hydrogen-bond donors (Lipinski definition) is 2. The minimum Gasteiger partial charge on any atom is -0.406 e. The Balaban J connectivity index is 1.75. The van der Waals surface area contributed by atoms with Gasteiger partial charge in [0.05, 0.1) is 17.3 Å². The normalized spacial score (nSPS) is 12.0. The second-order valence-corrected chi connectivity index (χ2v) is 7.00. The SMILES string of the molecule is Cc1cccc(C(=O)NC(C)c2ccc(OC(F)(F)F)cc2)c1NC(=O)c1ccncc1. The first-order chi connectivity index (χ1) is 15.1. The molecule has 2 aromatic carbocycles. The summed E-state index contributed by atoms with van der Waals surface area (Å²) >= 11 is 0. The lowest BCUT2D eigenvalue weighted by Crippen LogP contribution is -2.28. The molecule has 2 N–H and O–H groups in total. The van der Waals surface area contributed by atoms with E-state index in [1.807, 2.05) is 0 Å². The van der Waals surface area contributed by atoms with Crippen LogP contribution in [0.1, 0.15) is 44.8 Å². The second kappa shape index (κ2) is 9.51. The van der Waals surface area contributed by atoms with Crippen LogP contribution in [-0.2, 0) is 0 Å². The van der Waals surface area contributed by atoms with Gasteiger partial charge >= 0.3 is 6.36 Å². The van der Waals surface area contributed by atoms with Crippen LogP contribution in [0.4, 0.5) is 18.9 Å². The Morgan fingerprint density at radius 1 is 0.969 bits per heavy atom. The molecule has 0 saturated carbocycles. The highest BCUT2D eigenvalue weighted by Gasteiger charge is 2.31. The van der Waals surface area contributed by atoms with Crippen molar-refractivity contribution in [3.05, 3.63) is 89.2 Å². The van der Waals surface area contributed by atoms with Crippen LogP contribution in [0.15, 0.2) is 67.0 Å². The molecule has 1 atom stereocenters. The molecule has 0 aliphatic heterocycles. The van der Waals surface area contributed by atoms with Gasteiger partial charge in [0.25, 0.3) is 11.8 Å². The Kier molecular flexibility index (Phi) is 6.77. The van der Waals surface area contributed by atoms with Crippen LogP contribution in [0.3, 0.4) is 0 Å². The smallest absolute Gasteiger partial charge is 0.406 e. The number of hydrogen-bond acceptors (Lipinski definition) is 4. The average molecular weight is 443 g/mol. The van der Waals surface area contributed by atoms with Crippen molar-refractivity contribution in [2.75, 3.05) is 5.32 Å². The molecular weight excluding hydrogens is 423 g/mol. The van der Waals surface area contributed by atoms with Gasteiger partial charge in [0.2, 0.25) is 0 Å². The van der Waals surface area contributed by atoms with Gasteiger partial charge in [0.15, 0.2) is 0 Å². The van der Waals surface area contributed by atoms with Gasteiger partial charge < -0.3 is 15.4 Å². The summed E-state index contributed by atoms with van der Waals surface area (Å²) in [5.41, 5.74) is 2.30. The zero-order chi connectivity index (χ0) is 23.3. The molecule has 3 rings (SSSR count). The highest BCUT2D eigenvalue weighted by atomic mass is 19.4. The Morgan fingerprint density at radius 3 is 2.25 bits per heavy atom. The number of nitrogens with zero attached hydrogens (tertiary/aromatic N) is 1. The second-order valence-electron chi connectivity index (χ2n) is 7.00. The van der Waals surface area contributed by atoms with Gasteiger partial charge in [0.1, 0.15) is 5.75 Å². The molecule has 1 aromatic heterocycles. The molecule has 0 bridgehead atoms. The number of halogens is 3. The van der Waals surface area contributed by atoms with Crippen molar-refractivity contribution in [3.8, 4) is 5.75 Å². The predicted molar refractivity (Wildman–Crippen MR) is 112 cm³/mol. The molecule has 0 aliphatic rings. The zero-order valence-corrected chi connectivity index (χ0v) is 17.2. The summed E-state index contributed by atoms with van der Waals surface area (Å²) in [6.45, 7) is 3.46. The van der Waals surface area contributed by atoms with E-state index in [-0.39, 0.29) is 17.2 Å². The highest BCUT2D eigenvalue weighted by molar-refractivity contribution is 6.09. The lowest BCUT2D eigenvalue weighted by atomic mass is 10.0. The minimum atomic E-state index is -4.77. The lowest BCUT2D eigenvalue weighted by Gasteiger charge is -2.18. The molecule has 166 valence electrons. The number of aryl methyl sites for hydroxylation is 1. The first-order valence-corrected chi connectivity index (χ1v) is 9.61. The van der Waals surface area contributed by atoms with E-state index in [4.69, 9.17) is 0 Å². The number of rotatable bonds is 6. The third-order valence-electron chi connectivity index (χ3n) is 4.66. The first-order valence-electron chi connectivity index (χ1n) is 9.61. The van der Waals surface area contributed by atoms with Crippen LogP contribution >= 0.6 is 0 Å². The quantitative estimate of drug-likeness (QED) is 0.560. The van der Waals surface area contributed by atoms with E-state index in [0.29, 0.717) is 22.4 Å². The molecular formula is C23H20F3N3O3. The predicted octanol–water partition coefficient (Wildman–Crippen LogP) is 5.03. The minimum absolute atomic E-state index is 0.260. The van der Waals surface area contributed by atoms with Crippen LogP contribution in [0.2, 0.25) is 0 Å². The van der Waals surface area contributed by atoms with E-state index >= 15 is 0 Å². The largest absolute Gasteiger partial charge is 0.573 e. The summed E-state index contributed by atoms with van der Waals surface area (Å²) in [7, 11) is 0. The zero-order valence-electron chi connectivity index (χ0n) is 17.2. The number of alkyl halides is 3. The molecule has 2 amide bonds. The molecule has 0 aliphatic carbocycles. The number of amides is 2. The Labute approximate surface area is 182 Å². The van der Waals surface area contributed by atoms with Crippen LogP contribution < -0.4 is 15.4 Å². The highest BCUT2D eigenvalue weighted by Crippen LogP contribution is 2.26. The van der Waals surface area contributed by atoms with Crippen molar-refractivity contribution < 1.29 is 27.5 Å². The summed E-state index contributed by atoms with van der Waals surface area (Å²) in [5, 5.41) is 5.57. The van der Waals surface area contributed by atoms with Crippen LogP contribution in [0.5, 0.6) is 5.75 Å². The summed E-state index contributed by atoms with van der Waals surface area (Å²) in [6, 6.07) is 12.9. The molecule has 1 heterocycles. The summed E-state index contributed by atoms with van der Waals surface area (Å²) in [5.74, 6) is -1.18. The monoisotopic (exact) mass is 443 g/mol. The van der Waals surface area contributed by atoms with Crippen molar-refractivity contribution in [1.82, 2.24) is 10.3 Å². The molecule has 6 nitrogen and oxygen atoms in total. The fourth-order valence-corrected chi connectivity index (χ4v) is 3.03. The third-order valence-corrected chi connectivity index (χ3v) is 4.66. The maximum atomic E-state index is 12.9. The fourth-order valence-electron chi connectivity index (χ4n) is 3.03. The van der Waals surface area contributed by atoms with Gasteiger partial charge in [-0.3, -0.25) is 14.6 Å². The number of pyridine rings is 1. The van der Waals surface area contributed by atoms with Gasteiger partial charge in [-0.2, -0.15) is 0 Å². The molecule has 0 spiro atoms. The Morgan fingerprint density at radius 2 is 1.62 bits per heavy atom. The number of carbonyl (C=O) groups excluding carboxylic acids is 2. The van der Waals surface area contributed by atoms with Gasteiger partial charge in [-0.15, -0.1) is 13.2 Å². The maximum absolute atomic E-state index is 12.9. The molecule has 1 unspecified atom stereocenters. The standard InChI is InChI=1S/C23H20F3N3O3/c1-14-4-3-5-19(20(14)29-21(30)17-10-12-27-13-11-17)22(31)28-15(2)16-6-8-18(9-7-16)32-23(24,25)26/h3-13,15H,1-2H3,(H,28,31)(H,29,30). The number of carbonyl (C=O) groups is 2. The number of anilines is 1. The number of para-hydroxylation sites is 1. The lowest BCUT2D eigenvalue weighted by molar-refractivity contribution is -0.274. The van der Waals surface area contributed by atoms with Crippen molar-refractivity contribution >= 4 is 17.5 Å². The van der Waals surface area contributed by atoms with Crippen molar-refractivity contribution in [2.24, 2.45) is 0 Å². The Bertz CT molecular complexity index is 1100. The van der Waals surface area contributed by atoms with Crippen molar-refractivity contribution in [1.29, 1.82) is 0 Å². The molecule has 0 fully saturated rings. The molecule has 0 radical (unpaired) electrons. The van der Waals surface area contributed by atoms with Crippen LogP contribution in [0, 0.1) is 6.92 Å². The topological polar surface area (TPSA) is 80.3 Å². The fraction of sp³-hybridized carbons (Fsp3) is 0.174. The van der Waals surface area contributed by atoms with E-state index in [1.54, 1.807) is 44.2 Å². The van der Waals surface area contributed by atoms with Gasteiger partial charge in [-0.05, 0) is 55.3 Å². The van der Waals surface area contributed by atoms with Crippen LogP contribution in [-0.4, -0.2) is 23.2 Å². The number of ether oxygens (including phenoxy) is 1. The number of aromatic nitrogens is 1. The van der Waals surface area contributed by atoms with Gasteiger partial charge in [-0.25, -0.2) is 0 Å². The van der Waals surface area contributed by atoms with E-state index in [1.165, 1.54) is 36.7 Å². The number of benzene rings is 2. The first kappa shape index (κ1) is 22.8. The summed E-state index contributed by atoms with van der Waals surface area (Å²) in [4.78, 5) is 29.4. The molecule has 0 saturated heterocycles. The maximum Gasteiger partial charge on any atom is 0.573 e. The average Bonchev–Trinajstić information content (AvgIpc) is 2.75. The molecule has 3 aromatic rings. The van der Waals surface area contributed by atoms with E-state index in [0.717, 1.165) is 0 Å². The molecule has 32 heavy (non-hydrogen) atoms. The van der Waals surface area contributed by atoms with E-state index in [2.05, 4.69) is 20.4 Å². The number of nitrogens with one attached hydrogen (secondary N) is 2. The van der Waals surface area contributed by atoms with Gasteiger partial charge in [0, 0.05) is 18.0 Å². The van der Waals surface area contributed by atoms with Gasteiger partial charge in [-0.1, -0.05) is 24.3 Å². The van der Waals surface area contributed by atoms with Crippen LogP contribution in [0.25, 0.3) is 0 Å². The molecule has 9 heteroatoms. The summed E-state index contributed by atoms with van der Waals surface area (Å²) in [6.07, 6.45) is -1.79. The van der Waals surface area contributed by atoms with Crippen molar-refractivity contribution in [2.45, 2.75) is 26.3 Å². The van der Waals surface area contributed by atoms with E-state index in [9.17, 15) is 22.8 Å². The summed E-state index contributed by atoms with van der Waals surface area (Å²) < 4.78 is 40.8. The Hall–Kier alpha value is -3.88.